The summed E-state index contributed by atoms with van der Waals surface area (Å²) in [6.07, 6.45) is 2.39. The molecule has 0 saturated carbocycles. The first-order valence-corrected chi connectivity index (χ1v) is 9.26. The second-order valence-corrected chi connectivity index (χ2v) is 7.73. The quantitative estimate of drug-likeness (QED) is 0.906. The van der Waals surface area contributed by atoms with Crippen LogP contribution in [0.2, 0.25) is 0 Å². The number of carbonyl (C=O) groups is 1. The highest BCUT2D eigenvalue weighted by Gasteiger charge is 2.30. The smallest absolute Gasteiger partial charge is 0.231 e. The Morgan fingerprint density at radius 2 is 2.08 bits per heavy atom. The van der Waals surface area contributed by atoms with Gasteiger partial charge in [0.2, 0.25) is 11.9 Å². The highest BCUT2D eigenvalue weighted by Crippen LogP contribution is 2.27. The van der Waals surface area contributed by atoms with Crippen LogP contribution in [-0.2, 0) is 16.8 Å². The van der Waals surface area contributed by atoms with E-state index in [1.807, 2.05) is 44.4 Å². The molecular weight excluding hydrogens is 320 g/mol. The minimum absolute atomic E-state index is 0.0175. The molecule has 24 heavy (non-hydrogen) atoms. The van der Waals surface area contributed by atoms with E-state index >= 15 is 0 Å². The number of carbonyl (C=O) groups excluding carboxylic acids is 1. The van der Waals surface area contributed by atoms with Gasteiger partial charge in [0.15, 0.2) is 0 Å². The third-order valence-electron chi connectivity index (χ3n) is 4.42. The van der Waals surface area contributed by atoms with Crippen molar-refractivity contribution in [3.8, 4) is 0 Å². The summed E-state index contributed by atoms with van der Waals surface area (Å²) in [5.41, 5.74) is 1.27. The Labute approximate surface area is 147 Å². The van der Waals surface area contributed by atoms with Crippen LogP contribution < -0.4 is 10.2 Å². The van der Waals surface area contributed by atoms with Crippen LogP contribution in [0.4, 0.5) is 5.95 Å². The lowest BCUT2D eigenvalue weighted by Crippen LogP contribution is -2.39. The molecule has 2 aromatic rings. The number of hydrogen-bond donors (Lipinski definition) is 1. The second-order valence-electron chi connectivity index (χ2n) is 6.78. The van der Waals surface area contributed by atoms with Crippen LogP contribution in [0.15, 0.2) is 23.6 Å². The maximum atomic E-state index is 12.6. The first-order valence-electron chi connectivity index (χ1n) is 8.38. The number of rotatable bonds is 5. The van der Waals surface area contributed by atoms with E-state index in [9.17, 15) is 4.79 Å². The molecule has 1 amide bonds. The summed E-state index contributed by atoms with van der Waals surface area (Å²) >= 11 is 1.61. The van der Waals surface area contributed by atoms with Crippen LogP contribution in [0.3, 0.4) is 0 Å². The molecule has 0 unspecified atom stereocenters. The van der Waals surface area contributed by atoms with E-state index in [1.165, 1.54) is 12.8 Å². The first-order chi connectivity index (χ1) is 11.5. The van der Waals surface area contributed by atoms with Crippen LogP contribution in [0.5, 0.6) is 0 Å². The molecule has 3 heterocycles. The van der Waals surface area contributed by atoms with Crippen molar-refractivity contribution in [3.63, 3.8) is 0 Å². The van der Waals surface area contributed by atoms with Gasteiger partial charge < -0.3 is 10.2 Å². The lowest BCUT2D eigenvalue weighted by molar-refractivity contribution is -0.125. The molecule has 0 spiro atoms. The zero-order valence-electron chi connectivity index (χ0n) is 14.5. The molecule has 2 aromatic heterocycles. The molecule has 5 nitrogen and oxygen atoms in total. The maximum absolute atomic E-state index is 12.6. The monoisotopic (exact) mass is 344 g/mol. The highest BCUT2D eigenvalue weighted by molar-refractivity contribution is 7.10. The van der Waals surface area contributed by atoms with Crippen molar-refractivity contribution in [1.82, 2.24) is 15.3 Å². The van der Waals surface area contributed by atoms with E-state index in [1.54, 1.807) is 11.3 Å². The molecule has 1 aliphatic rings. The summed E-state index contributed by atoms with van der Waals surface area (Å²) < 4.78 is 0. The third kappa shape index (κ3) is 3.59. The minimum atomic E-state index is -0.534. The van der Waals surface area contributed by atoms with E-state index in [0.717, 1.165) is 35.3 Å². The maximum Gasteiger partial charge on any atom is 0.231 e. The zero-order valence-corrected chi connectivity index (χ0v) is 15.3. The molecule has 3 rings (SSSR count). The molecule has 0 aliphatic carbocycles. The lowest BCUT2D eigenvalue weighted by Gasteiger charge is -2.22. The van der Waals surface area contributed by atoms with Gasteiger partial charge >= 0.3 is 0 Å². The van der Waals surface area contributed by atoms with E-state index < -0.39 is 5.41 Å². The van der Waals surface area contributed by atoms with Crippen molar-refractivity contribution in [1.29, 1.82) is 0 Å². The lowest BCUT2D eigenvalue weighted by atomic mass is 9.90. The number of thiophene rings is 1. The fourth-order valence-corrected chi connectivity index (χ4v) is 3.75. The molecule has 1 N–H and O–H groups in total. The Hall–Kier alpha value is -1.95. The number of nitrogens with one attached hydrogen (secondary N) is 1. The van der Waals surface area contributed by atoms with Gasteiger partial charge in [-0.25, -0.2) is 9.97 Å². The van der Waals surface area contributed by atoms with E-state index in [4.69, 9.17) is 0 Å². The number of hydrogen-bond acceptors (Lipinski definition) is 5. The predicted octanol–water partition coefficient (Wildman–Crippen LogP) is 3.04. The summed E-state index contributed by atoms with van der Waals surface area (Å²) in [6.45, 7) is 8.34. The van der Waals surface area contributed by atoms with Gasteiger partial charge in [0.1, 0.15) is 0 Å². The summed E-state index contributed by atoms with van der Waals surface area (Å²) in [4.78, 5) is 25.1. The Kier molecular flexibility index (Phi) is 4.85. The fraction of sp³-hybridized carbons (Fsp3) is 0.500. The molecular formula is C18H24N4OS. The average molecular weight is 344 g/mol. The van der Waals surface area contributed by atoms with Crippen LogP contribution in [0, 0.1) is 6.92 Å². The Morgan fingerprint density at radius 1 is 1.33 bits per heavy atom. The first kappa shape index (κ1) is 16.9. The van der Waals surface area contributed by atoms with E-state index in [2.05, 4.69) is 20.2 Å². The predicted molar refractivity (Wildman–Crippen MR) is 97.4 cm³/mol. The molecule has 0 aromatic carbocycles. The fourth-order valence-electron chi connectivity index (χ4n) is 2.90. The SMILES string of the molecule is Cc1cc(CNC(=O)C(C)(C)c2cccs2)nc(N2CCCC2)n1. The highest BCUT2D eigenvalue weighted by atomic mass is 32.1. The Morgan fingerprint density at radius 3 is 2.75 bits per heavy atom. The van der Waals surface area contributed by atoms with Crippen molar-refractivity contribution in [2.45, 2.75) is 45.6 Å². The van der Waals surface area contributed by atoms with Crippen LogP contribution in [0.1, 0.15) is 43.0 Å². The van der Waals surface area contributed by atoms with Gasteiger partial charge in [0, 0.05) is 23.7 Å². The summed E-state index contributed by atoms with van der Waals surface area (Å²) in [7, 11) is 0. The molecule has 0 atom stereocenters. The summed E-state index contributed by atoms with van der Waals surface area (Å²) in [6, 6.07) is 5.92. The van der Waals surface area contributed by atoms with Crippen molar-refractivity contribution < 1.29 is 4.79 Å². The Balaban J connectivity index is 1.69. The number of nitrogens with zero attached hydrogens (tertiary/aromatic N) is 3. The van der Waals surface area contributed by atoms with E-state index in [-0.39, 0.29) is 5.91 Å². The van der Waals surface area contributed by atoms with Crippen molar-refractivity contribution in [2.75, 3.05) is 18.0 Å². The average Bonchev–Trinajstić information content (AvgIpc) is 3.24. The molecule has 0 bridgehead atoms. The van der Waals surface area contributed by atoms with Crippen LogP contribution in [0.25, 0.3) is 0 Å². The second kappa shape index (κ2) is 6.89. The molecule has 1 fully saturated rings. The van der Waals surface area contributed by atoms with Gasteiger partial charge in [-0.3, -0.25) is 4.79 Å². The zero-order chi connectivity index (χ0) is 17.2. The summed E-state index contributed by atoms with van der Waals surface area (Å²) in [5, 5.41) is 5.03. The Bertz CT molecular complexity index is 706. The normalized spacial score (nSPS) is 14.9. The van der Waals surface area contributed by atoms with E-state index in [0.29, 0.717) is 6.54 Å². The molecule has 128 valence electrons. The standard InChI is InChI=1S/C18H24N4OS/c1-13-11-14(21-17(20-13)22-8-4-5-9-22)12-19-16(23)18(2,3)15-7-6-10-24-15/h6-7,10-11H,4-5,8-9,12H2,1-3H3,(H,19,23). The van der Waals surface area contributed by atoms with Gasteiger partial charge in [0.25, 0.3) is 0 Å². The number of aromatic nitrogens is 2. The van der Waals surface area contributed by atoms with Gasteiger partial charge in [-0.15, -0.1) is 11.3 Å². The van der Waals surface area contributed by atoms with Gasteiger partial charge in [-0.05, 0) is 51.1 Å². The number of anilines is 1. The summed E-state index contributed by atoms with van der Waals surface area (Å²) in [5.74, 6) is 0.804. The van der Waals surface area contributed by atoms with Crippen LogP contribution >= 0.6 is 11.3 Å². The minimum Gasteiger partial charge on any atom is -0.350 e. The van der Waals surface area contributed by atoms with Gasteiger partial charge in [-0.1, -0.05) is 6.07 Å². The number of amides is 1. The third-order valence-corrected chi connectivity index (χ3v) is 5.61. The van der Waals surface area contributed by atoms with Crippen molar-refractivity contribution in [3.05, 3.63) is 39.8 Å². The molecule has 1 saturated heterocycles. The molecule has 6 heteroatoms. The molecule has 0 radical (unpaired) electrons. The van der Waals surface area contributed by atoms with Crippen LogP contribution in [-0.4, -0.2) is 29.0 Å². The topological polar surface area (TPSA) is 58.1 Å². The number of aryl methyl sites for hydroxylation is 1. The largest absolute Gasteiger partial charge is 0.350 e. The van der Waals surface area contributed by atoms with Gasteiger partial charge in [0.05, 0.1) is 17.7 Å². The van der Waals surface area contributed by atoms with Gasteiger partial charge in [-0.2, -0.15) is 0 Å². The van der Waals surface area contributed by atoms with Crippen molar-refractivity contribution in [2.24, 2.45) is 0 Å². The van der Waals surface area contributed by atoms with Crippen molar-refractivity contribution >= 4 is 23.2 Å². The molecule has 1 aliphatic heterocycles.